The molecule has 0 aliphatic rings. The number of hydrogen-bond acceptors (Lipinski definition) is 3. The Hall–Kier alpha value is -1.69. The number of hydrogen-bond donors (Lipinski definition) is 0. The minimum absolute atomic E-state index is 0.0370. The van der Waals surface area contributed by atoms with Gasteiger partial charge in [-0.2, -0.15) is 0 Å². The van der Waals surface area contributed by atoms with E-state index in [9.17, 15) is 12.8 Å². The molecule has 0 unspecified atom stereocenters. The van der Waals surface area contributed by atoms with Gasteiger partial charge < -0.3 is 0 Å². The van der Waals surface area contributed by atoms with Gasteiger partial charge in [0.25, 0.3) is 10.0 Å². The van der Waals surface area contributed by atoms with Crippen LogP contribution in [-0.4, -0.2) is 17.4 Å². The Labute approximate surface area is 92.4 Å². The molecule has 0 saturated carbocycles. The van der Waals surface area contributed by atoms with Crippen LogP contribution in [0.4, 0.5) is 4.39 Å². The third-order valence-electron chi connectivity index (χ3n) is 2.15. The maximum atomic E-state index is 12.7. The Morgan fingerprint density at radius 1 is 1.25 bits per heavy atom. The van der Waals surface area contributed by atoms with Gasteiger partial charge in [0, 0.05) is 12.4 Å². The smallest absolute Gasteiger partial charge is 0.241 e. The van der Waals surface area contributed by atoms with E-state index in [0.29, 0.717) is 5.82 Å². The molecule has 0 bridgehead atoms. The van der Waals surface area contributed by atoms with Crippen molar-refractivity contribution in [3.8, 4) is 0 Å². The predicted octanol–water partition coefficient (Wildman–Crippen LogP) is 1.57. The van der Waals surface area contributed by atoms with Crippen LogP contribution < -0.4 is 0 Å². The van der Waals surface area contributed by atoms with Crippen molar-refractivity contribution in [1.82, 2.24) is 8.96 Å². The van der Waals surface area contributed by atoms with Crippen LogP contribution in [0.25, 0.3) is 0 Å². The van der Waals surface area contributed by atoms with E-state index in [0.717, 1.165) is 16.1 Å². The second-order valence-electron chi connectivity index (χ2n) is 3.23. The minimum atomic E-state index is -3.66. The van der Waals surface area contributed by atoms with Gasteiger partial charge >= 0.3 is 0 Å². The standard InChI is InChI=1S/C10H9FN2O2S/c1-8-12-6-7-13(8)16(14,15)10-4-2-9(11)3-5-10/h2-7H,1H3. The lowest BCUT2D eigenvalue weighted by molar-refractivity contribution is 0.584. The summed E-state index contributed by atoms with van der Waals surface area (Å²) in [5.41, 5.74) is 0. The molecule has 0 saturated heterocycles. The maximum absolute atomic E-state index is 12.7. The first-order chi connectivity index (χ1) is 7.51. The van der Waals surface area contributed by atoms with E-state index in [2.05, 4.69) is 4.98 Å². The summed E-state index contributed by atoms with van der Waals surface area (Å²) in [5.74, 6) is -0.106. The van der Waals surface area contributed by atoms with Crippen molar-refractivity contribution >= 4 is 10.0 Å². The highest BCUT2D eigenvalue weighted by Gasteiger charge is 2.18. The summed E-state index contributed by atoms with van der Waals surface area (Å²) >= 11 is 0. The lowest BCUT2D eigenvalue weighted by atomic mass is 10.4. The molecule has 84 valence electrons. The van der Waals surface area contributed by atoms with Crippen LogP contribution in [0.2, 0.25) is 0 Å². The summed E-state index contributed by atoms with van der Waals surface area (Å²) in [7, 11) is -3.66. The summed E-state index contributed by atoms with van der Waals surface area (Å²) in [6.45, 7) is 1.58. The minimum Gasteiger partial charge on any atom is -0.241 e. The Kier molecular flexibility index (Phi) is 2.51. The van der Waals surface area contributed by atoms with Gasteiger partial charge in [0.05, 0.1) is 4.90 Å². The van der Waals surface area contributed by atoms with Crippen LogP contribution in [-0.2, 0) is 10.0 Å². The fraction of sp³-hybridized carbons (Fsp3) is 0.100. The number of rotatable bonds is 2. The largest absolute Gasteiger partial charge is 0.269 e. The lowest BCUT2D eigenvalue weighted by Crippen LogP contribution is -2.13. The van der Waals surface area contributed by atoms with E-state index in [-0.39, 0.29) is 4.90 Å². The average Bonchev–Trinajstić information content (AvgIpc) is 2.66. The van der Waals surface area contributed by atoms with Crippen LogP contribution in [0.15, 0.2) is 41.6 Å². The molecular formula is C10H9FN2O2S. The van der Waals surface area contributed by atoms with Gasteiger partial charge in [-0.25, -0.2) is 21.8 Å². The first-order valence-corrected chi connectivity index (χ1v) is 5.97. The van der Waals surface area contributed by atoms with Gasteiger partial charge in [0.2, 0.25) is 0 Å². The van der Waals surface area contributed by atoms with Crippen LogP contribution in [0.3, 0.4) is 0 Å². The highest BCUT2D eigenvalue weighted by molar-refractivity contribution is 7.90. The summed E-state index contributed by atoms with van der Waals surface area (Å²) in [6.07, 6.45) is 2.75. The Bertz CT molecular complexity index is 602. The molecule has 0 atom stereocenters. The van der Waals surface area contributed by atoms with E-state index in [4.69, 9.17) is 0 Å². The second kappa shape index (κ2) is 3.71. The zero-order valence-corrected chi connectivity index (χ0v) is 9.28. The van der Waals surface area contributed by atoms with E-state index in [1.165, 1.54) is 24.5 Å². The number of aromatic nitrogens is 2. The van der Waals surface area contributed by atoms with Crippen LogP contribution >= 0.6 is 0 Å². The average molecular weight is 240 g/mol. The Morgan fingerprint density at radius 2 is 1.88 bits per heavy atom. The number of imidazole rings is 1. The van der Waals surface area contributed by atoms with Gasteiger partial charge in [-0.3, -0.25) is 0 Å². The first kappa shape index (κ1) is 10.8. The maximum Gasteiger partial charge on any atom is 0.269 e. The molecule has 0 radical (unpaired) electrons. The molecule has 0 aliphatic heterocycles. The molecule has 1 aromatic heterocycles. The summed E-state index contributed by atoms with van der Waals surface area (Å²) in [4.78, 5) is 3.87. The highest BCUT2D eigenvalue weighted by Crippen LogP contribution is 2.15. The molecule has 0 N–H and O–H groups in total. The van der Waals surface area contributed by atoms with Crippen LogP contribution in [0.1, 0.15) is 5.82 Å². The van der Waals surface area contributed by atoms with Gasteiger partial charge in [0.15, 0.2) is 0 Å². The summed E-state index contributed by atoms with van der Waals surface area (Å²) in [5, 5.41) is 0. The molecule has 0 spiro atoms. The van der Waals surface area contributed by atoms with E-state index < -0.39 is 15.8 Å². The first-order valence-electron chi connectivity index (χ1n) is 4.53. The van der Waals surface area contributed by atoms with Gasteiger partial charge in [0.1, 0.15) is 11.6 Å². The number of aryl methyl sites for hydroxylation is 1. The van der Waals surface area contributed by atoms with Gasteiger partial charge in [-0.05, 0) is 31.2 Å². The molecule has 1 aromatic carbocycles. The third-order valence-corrected chi connectivity index (χ3v) is 3.92. The lowest BCUT2D eigenvalue weighted by Gasteiger charge is -2.06. The third kappa shape index (κ3) is 1.71. The van der Waals surface area contributed by atoms with Crippen LogP contribution in [0.5, 0.6) is 0 Å². The zero-order valence-electron chi connectivity index (χ0n) is 8.46. The molecule has 16 heavy (non-hydrogen) atoms. The fourth-order valence-corrected chi connectivity index (χ4v) is 2.66. The molecule has 0 fully saturated rings. The summed E-state index contributed by atoms with van der Waals surface area (Å²) in [6, 6.07) is 4.67. The van der Waals surface area contributed by atoms with Crippen molar-refractivity contribution in [2.75, 3.05) is 0 Å². The predicted molar refractivity (Wildman–Crippen MR) is 55.9 cm³/mol. The van der Waals surface area contributed by atoms with Crippen molar-refractivity contribution in [2.24, 2.45) is 0 Å². The monoisotopic (exact) mass is 240 g/mol. The van der Waals surface area contributed by atoms with Crippen molar-refractivity contribution in [1.29, 1.82) is 0 Å². The van der Waals surface area contributed by atoms with Crippen molar-refractivity contribution in [3.63, 3.8) is 0 Å². The zero-order chi connectivity index (χ0) is 11.8. The SMILES string of the molecule is Cc1nccn1S(=O)(=O)c1ccc(F)cc1. The topological polar surface area (TPSA) is 52.0 Å². The quantitative estimate of drug-likeness (QED) is 0.800. The molecule has 0 aliphatic carbocycles. The van der Waals surface area contributed by atoms with Gasteiger partial charge in [-0.1, -0.05) is 0 Å². The van der Waals surface area contributed by atoms with Crippen LogP contribution in [0, 0.1) is 12.7 Å². The molecular weight excluding hydrogens is 231 g/mol. The number of nitrogens with zero attached hydrogens (tertiary/aromatic N) is 2. The summed E-state index contributed by atoms with van der Waals surface area (Å²) < 4.78 is 37.8. The van der Waals surface area contributed by atoms with Gasteiger partial charge in [-0.15, -0.1) is 0 Å². The number of benzene rings is 1. The molecule has 6 heteroatoms. The fourth-order valence-electron chi connectivity index (χ4n) is 1.34. The highest BCUT2D eigenvalue weighted by atomic mass is 32.2. The second-order valence-corrected chi connectivity index (χ2v) is 5.04. The van der Waals surface area contributed by atoms with E-state index in [1.54, 1.807) is 6.92 Å². The van der Waals surface area contributed by atoms with Crippen molar-refractivity contribution in [2.45, 2.75) is 11.8 Å². The molecule has 0 amide bonds. The van der Waals surface area contributed by atoms with Crippen molar-refractivity contribution in [3.05, 3.63) is 48.3 Å². The molecule has 2 aromatic rings. The Balaban J connectivity index is 2.56. The molecule has 4 nitrogen and oxygen atoms in total. The number of halogens is 1. The molecule has 1 heterocycles. The van der Waals surface area contributed by atoms with E-state index in [1.807, 2.05) is 0 Å². The van der Waals surface area contributed by atoms with E-state index >= 15 is 0 Å². The normalized spacial score (nSPS) is 11.6. The van der Waals surface area contributed by atoms with Crippen molar-refractivity contribution < 1.29 is 12.8 Å². The molecule has 2 rings (SSSR count). The Morgan fingerprint density at radius 3 is 2.38 bits per heavy atom.